The molecule has 0 radical (unpaired) electrons. The predicted octanol–water partition coefficient (Wildman–Crippen LogP) is 5.86. The van der Waals surface area contributed by atoms with Crippen molar-refractivity contribution in [1.29, 1.82) is 0 Å². The Kier molecular flexibility index (Phi) is 36.0. The van der Waals surface area contributed by atoms with Gasteiger partial charge in [0.1, 0.15) is 12.0 Å². The number of hydrogen-bond acceptors (Lipinski definition) is 13. The molecule has 4 rings (SSSR count). The highest BCUT2D eigenvalue weighted by Gasteiger charge is 2.37. The highest BCUT2D eigenvalue weighted by atomic mass is 32.2. The molecule has 0 bridgehead atoms. The van der Waals surface area contributed by atoms with Crippen LogP contribution in [-0.4, -0.2) is 172 Å². The number of aldehydes is 1. The number of amides is 5. The fourth-order valence-electron chi connectivity index (χ4n) is 8.35. The number of nitrogens with one attached hydrogen (secondary N) is 3. The number of ether oxygens (including phenoxy) is 3. The first-order chi connectivity index (χ1) is 33.8. The number of aliphatic carboxylic acids is 1. The second-order valence-electron chi connectivity index (χ2n) is 18.9. The van der Waals surface area contributed by atoms with E-state index in [9.17, 15) is 33.6 Å². The molecule has 2 saturated heterocycles. The maximum atomic E-state index is 12.6. The summed E-state index contributed by atoms with van der Waals surface area (Å²) >= 11 is 1.56. The molecule has 3 aliphatic rings. The number of aryl methyl sites for hydroxylation is 1. The number of carboxylic acid groups (broad SMARTS) is 1. The summed E-state index contributed by atoms with van der Waals surface area (Å²) < 4.78 is 16.1. The lowest BCUT2D eigenvalue weighted by atomic mass is 9.91. The first-order valence-corrected chi connectivity index (χ1v) is 26.3. The number of benzene rings is 1. The normalized spacial score (nSPS) is 17.8. The molecule has 4 N–H and O–H groups in total. The van der Waals surface area contributed by atoms with Crippen LogP contribution in [0.4, 0.5) is 0 Å². The van der Waals surface area contributed by atoms with E-state index in [0.717, 1.165) is 63.5 Å². The zero-order valence-electron chi connectivity index (χ0n) is 45.6. The summed E-state index contributed by atoms with van der Waals surface area (Å²) in [5, 5.41) is 12.0. The Morgan fingerprint density at radius 2 is 1.44 bits per heavy atom. The van der Waals surface area contributed by atoms with Crippen LogP contribution in [0.3, 0.4) is 0 Å². The van der Waals surface area contributed by atoms with E-state index < -0.39 is 5.97 Å². The zero-order valence-corrected chi connectivity index (χ0v) is 46.5. The van der Waals surface area contributed by atoms with Gasteiger partial charge in [0.25, 0.3) is 0 Å². The molecule has 1 aliphatic carbocycles. The third-order valence-electron chi connectivity index (χ3n) is 12.7. The van der Waals surface area contributed by atoms with Gasteiger partial charge in [0, 0.05) is 52.6 Å². The zero-order chi connectivity index (χ0) is 54.1. The van der Waals surface area contributed by atoms with Gasteiger partial charge in [0.2, 0.25) is 30.5 Å². The Morgan fingerprint density at radius 3 is 1.87 bits per heavy atom. The van der Waals surface area contributed by atoms with Crippen molar-refractivity contribution in [2.24, 2.45) is 23.7 Å². The number of methoxy groups -OCH3 is 3. The second-order valence-corrected chi connectivity index (χ2v) is 20.0. The summed E-state index contributed by atoms with van der Waals surface area (Å²) in [5.74, 6) is -0.239. The Bertz CT molecular complexity index is 1640. The van der Waals surface area contributed by atoms with Crippen LogP contribution in [-0.2, 0) is 49.5 Å². The van der Waals surface area contributed by atoms with Gasteiger partial charge >= 0.3 is 5.97 Å². The first kappa shape index (κ1) is 66.7. The molecule has 71 heavy (non-hydrogen) atoms. The average Bonchev–Trinajstić information content (AvgIpc) is 4.08. The molecule has 19 heteroatoms. The van der Waals surface area contributed by atoms with E-state index in [4.69, 9.17) is 19.3 Å². The summed E-state index contributed by atoms with van der Waals surface area (Å²) in [5.41, 5.74) is 3.88. The molecule has 408 valence electrons. The molecular formula is C52H93N7O11S. The molecule has 18 nitrogen and oxygen atoms in total. The van der Waals surface area contributed by atoms with E-state index in [-0.39, 0.29) is 72.4 Å². The Balaban J connectivity index is 0.000000945. The molecule has 2 unspecified atom stereocenters. The van der Waals surface area contributed by atoms with Gasteiger partial charge in [-0.2, -0.15) is 4.83 Å². The van der Waals surface area contributed by atoms with Gasteiger partial charge in [-0.05, 0) is 95.0 Å². The molecule has 3 fully saturated rings. The molecule has 1 aromatic carbocycles. The van der Waals surface area contributed by atoms with Crippen LogP contribution >= 0.6 is 11.9 Å². The lowest BCUT2D eigenvalue weighted by Crippen LogP contribution is -2.53. The van der Waals surface area contributed by atoms with Gasteiger partial charge in [-0.25, -0.2) is 0 Å². The number of likely N-dealkylation sites (N-methyl/N-ethyl adjacent to an activating group) is 2. The molecule has 5 amide bonds. The highest BCUT2D eigenvalue weighted by molar-refractivity contribution is 7.98. The van der Waals surface area contributed by atoms with Gasteiger partial charge in [-0.3, -0.25) is 39.1 Å². The average molecular weight is 1020 g/mol. The summed E-state index contributed by atoms with van der Waals surface area (Å²) in [7, 11) is 10.5. The Hall–Kier alpha value is -4.30. The largest absolute Gasteiger partial charge is 0.497 e. The number of hydrogen-bond donors (Lipinski definition) is 4. The summed E-state index contributed by atoms with van der Waals surface area (Å²) in [6.45, 7) is 18.3. The maximum Gasteiger partial charge on any atom is 0.306 e. The minimum absolute atomic E-state index is 0.000790. The molecular weight excluding hydrogens is 931 g/mol. The summed E-state index contributed by atoms with van der Waals surface area (Å²) in [4.78, 5) is 88.8. The lowest BCUT2D eigenvalue weighted by molar-refractivity contribution is -0.144. The molecule has 2 aliphatic heterocycles. The number of carbonyl (C=O) groups is 7. The van der Waals surface area contributed by atoms with Crippen molar-refractivity contribution in [3.63, 3.8) is 0 Å². The molecule has 1 aromatic rings. The standard InChI is InChI=1S/C19H39N3O3.C13H23N3O3S.C10H12O2.C7H11NO3.C3H8/c1-10-14(5)18(15(11-2)25-9)22(8)16(23)12-20-19(24)17(13(3)4)21(6)7;1-9(13(18)14-15-20-10-5-6-10)12(19-2)11-4-3-7-16(11)8-17;1-12-10-6-4-9(5-7-10)3-2-8-11;9-5-8-3-1-6(2-4-8)7(10)11;1-3-2/h13-15,17-18H,10-12H2,1-9H3,(H,20,24);8-12,15H,3-7H2,1-2H3,(H,14,18);4-8H,2-3H2,1H3;5-6H,1-4H2,(H,10,11);3H2,1-2H3/t14-,15+,17?,18?;9-,11+,12-;;;/m01.../s1. The van der Waals surface area contributed by atoms with E-state index in [1.807, 2.05) is 64.0 Å². The number of rotatable bonds is 25. The number of likely N-dealkylation sites (tertiary alicyclic amines) is 2. The van der Waals surface area contributed by atoms with Gasteiger partial charge in [0.15, 0.2) is 0 Å². The molecule has 1 saturated carbocycles. The smallest absolute Gasteiger partial charge is 0.306 e. The quantitative estimate of drug-likeness (QED) is 0.0513. The van der Waals surface area contributed by atoms with Crippen molar-refractivity contribution in [1.82, 2.24) is 35.2 Å². The van der Waals surface area contributed by atoms with Crippen molar-refractivity contribution in [3.05, 3.63) is 29.8 Å². The fraction of sp³-hybridized carbons (Fsp3) is 0.750. The topological polar surface area (TPSA) is 216 Å². The van der Waals surface area contributed by atoms with E-state index in [1.165, 1.54) is 24.8 Å². The second kappa shape index (κ2) is 38.3. The molecule has 0 aromatic heterocycles. The van der Waals surface area contributed by atoms with E-state index in [0.29, 0.717) is 43.5 Å². The monoisotopic (exact) mass is 1020 g/mol. The van der Waals surface area contributed by atoms with Crippen LogP contribution in [0.5, 0.6) is 5.75 Å². The number of nitrogens with zero attached hydrogens (tertiary/aromatic N) is 4. The highest BCUT2D eigenvalue weighted by Crippen LogP contribution is 2.31. The van der Waals surface area contributed by atoms with E-state index in [1.54, 1.807) is 55.0 Å². The van der Waals surface area contributed by atoms with Crippen LogP contribution in [0.1, 0.15) is 125 Å². The van der Waals surface area contributed by atoms with Crippen molar-refractivity contribution in [2.75, 3.05) is 68.7 Å². The minimum atomic E-state index is -0.740. The van der Waals surface area contributed by atoms with Gasteiger partial charge in [-0.1, -0.05) is 92.3 Å². The third-order valence-corrected chi connectivity index (χ3v) is 13.7. The van der Waals surface area contributed by atoms with Crippen molar-refractivity contribution in [2.45, 2.75) is 162 Å². The predicted molar refractivity (Wildman–Crippen MR) is 281 cm³/mol. The number of hydrazine groups is 1. The van der Waals surface area contributed by atoms with Gasteiger partial charge < -0.3 is 44.1 Å². The van der Waals surface area contributed by atoms with Crippen molar-refractivity contribution in [3.8, 4) is 5.75 Å². The van der Waals surface area contributed by atoms with Gasteiger partial charge in [-0.15, -0.1) is 0 Å². The SMILES string of the molecule is CCC.CC[C@H](C)C([C@@H](CC)OC)N(C)C(=O)CNC(=O)C(C(C)C)N(C)C.CO[C@H]([C@@H](C)C(=O)NNSC1CC1)[C@@H]1CCCN1C=O.COc1ccc(CCC=O)cc1.O=CN1CCC(C(=O)O)CC1. The Labute approximate surface area is 430 Å². The van der Waals surface area contributed by atoms with E-state index >= 15 is 0 Å². The maximum absolute atomic E-state index is 12.6. The fourth-order valence-corrected chi connectivity index (χ4v) is 9.05. The van der Waals surface area contributed by atoms with Crippen LogP contribution in [0.25, 0.3) is 0 Å². The van der Waals surface area contributed by atoms with Crippen LogP contribution in [0, 0.1) is 23.7 Å². The first-order valence-electron chi connectivity index (χ1n) is 25.5. The third kappa shape index (κ3) is 25.8. The van der Waals surface area contributed by atoms with Crippen LogP contribution < -0.4 is 20.3 Å². The lowest BCUT2D eigenvalue weighted by Gasteiger charge is -2.37. The number of carbonyl (C=O) groups excluding carboxylic acids is 6. The van der Waals surface area contributed by atoms with Gasteiger partial charge in [0.05, 0.1) is 55.8 Å². The van der Waals surface area contributed by atoms with Crippen molar-refractivity contribution >= 4 is 54.7 Å². The molecule has 7 atom stereocenters. The summed E-state index contributed by atoms with van der Waals surface area (Å²) in [6.07, 6.45) is 12.2. The van der Waals surface area contributed by atoms with E-state index in [2.05, 4.69) is 50.2 Å². The molecule has 2 heterocycles. The van der Waals surface area contributed by atoms with Crippen LogP contribution in [0.15, 0.2) is 24.3 Å². The minimum Gasteiger partial charge on any atom is -0.497 e. The summed E-state index contributed by atoms with van der Waals surface area (Å²) in [6, 6.07) is 7.50. The molecule has 0 spiro atoms. The van der Waals surface area contributed by atoms with Crippen LogP contribution in [0.2, 0.25) is 0 Å². The number of piperidine rings is 1. The van der Waals surface area contributed by atoms with Crippen molar-refractivity contribution < 1.29 is 52.9 Å². The number of carboxylic acids is 1. The Morgan fingerprint density at radius 1 is 0.831 bits per heavy atom.